The highest BCUT2D eigenvalue weighted by Gasteiger charge is 2.37. The normalized spacial score (nSPS) is 17.3. The molecule has 0 bridgehead atoms. The number of sulfonamides is 1. The zero-order valence-corrected chi connectivity index (χ0v) is 22.8. The molecule has 1 aliphatic heterocycles. The SMILES string of the molecule is CC(C)CC(NC(=O)Oc1cnc2ccccc2n1)C(=O)N[C@H]1CCCN(S(=O)(=O)c2cccc[n+]2[O-])CC1=O. The number of nitrogens with one attached hydrogen (secondary N) is 2. The maximum absolute atomic E-state index is 13.2. The number of ketones is 1. The minimum Gasteiger partial charge on any atom is -0.618 e. The third-order valence-electron chi connectivity index (χ3n) is 6.27. The molecule has 0 radical (unpaired) electrons. The molecule has 0 saturated carbocycles. The minimum absolute atomic E-state index is 0.00211. The van der Waals surface area contributed by atoms with Crippen LogP contribution in [0.3, 0.4) is 0 Å². The maximum atomic E-state index is 13.2. The summed E-state index contributed by atoms with van der Waals surface area (Å²) in [6.45, 7) is 3.23. The second-order valence-electron chi connectivity index (χ2n) is 9.79. The Hall–Kier alpha value is -4.17. The third-order valence-corrected chi connectivity index (χ3v) is 8.11. The van der Waals surface area contributed by atoms with Gasteiger partial charge in [0.15, 0.2) is 12.0 Å². The maximum Gasteiger partial charge on any atom is 0.414 e. The largest absolute Gasteiger partial charge is 0.618 e. The highest BCUT2D eigenvalue weighted by atomic mass is 32.2. The van der Waals surface area contributed by atoms with Crippen LogP contribution in [-0.2, 0) is 19.6 Å². The van der Waals surface area contributed by atoms with Gasteiger partial charge in [0.1, 0.15) is 6.04 Å². The van der Waals surface area contributed by atoms with Crippen LogP contribution in [-0.4, -0.2) is 65.6 Å². The Morgan fingerprint density at radius 1 is 1.18 bits per heavy atom. The van der Waals surface area contributed by atoms with E-state index >= 15 is 0 Å². The fraction of sp³-hybridized carbons (Fsp3) is 0.385. The van der Waals surface area contributed by atoms with Crippen LogP contribution in [0.15, 0.2) is 59.9 Å². The van der Waals surface area contributed by atoms with Crippen molar-refractivity contribution in [3.05, 3.63) is 60.1 Å². The number of amides is 2. The van der Waals surface area contributed by atoms with E-state index in [1.165, 1.54) is 24.4 Å². The zero-order valence-electron chi connectivity index (χ0n) is 22.0. The number of ether oxygens (including phenoxy) is 1. The van der Waals surface area contributed by atoms with E-state index in [4.69, 9.17) is 4.74 Å². The first-order chi connectivity index (χ1) is 19.0. The molecule has 1 aliphatic rings. The van der Waals surface area contributed by atoms with Crippen LogP contribution in [0.4, 0.5) is 4.79 Å². The van der Waals surface area contributed by atoms with Gasteiger partial charge in [0.2, 0.25) is 11.8 Å². The first-order valence-electron chi connectivity index (χ1n) is 12.8. The average molecular weight is 571 g/mol. The van der Waals surface area contributed by atoms with Gasteiger partial charge in [0.05, 0.1) is 29.8 Å². The smallest absolute Gasteiger partial charge is 0.414 e. The fourth-order valence-electron chi connectivity index (χ4n) is 4.33. The van der Waals surface area contributed by atoms with E-state index in [2.05, 4.69) is 20.6 Å². The number of rotatable bonds is 8. The molecular weight excluding hydrogens is 540 g/mol. The highest BCUT2D eigenvalue weighted by Crippen LogP contribution is 2.18. The molecule has 2 atom stereocenters. The summed E-state index contributed by atoms with van der Waals surface area (Å²) in [6.07, 6.45) is 2.16. The van der Waals surface area contributed by atoms with Gasteiger partial charge in [-0.25, -0.2) is 23.2 Å². The van der Waals surface area contributed by atoms with E-state index in [1.807, 2.05) is 13.8 Å². The van der Waals surface area contributed by atoms with E-state index in [1.54, 1.807) is 24.3 Å². The molecule has 4 rings (SSSR count). The molecule has 2 N–H and O–H groups in total. The van der Waals surface area contributed by atoms with Crippen LogP contribution in [0.2, 0.25) is 0 Å². The van der Waals surface area contributed by atoms with Gasteiger partial charge in [0.25, 0.3) is 0 Å². The first kappa shape index (κ1) is 28.8. The molecule has 14 heteroatoms. The average Bonchev–Trinajstić information content (AvgIpc) is 3.09. The summed E-state index contributed by atoms with van der Waals surface area (Å²) in [6, 6.07) is 9.05. The van der Waals surface area contributed by atoms with Gasteiger partial charge in [-0.2, -0.15) is 9.04 Å². The molecule has 3 aromatic rings. The second kappa shape index (κ2) is 12.3. The summed E-state index contributed by atoms with van der Waals surface area (Å²) < 4.78 is 32.4. The number of benzene rings is 1. The molecule has 2 aromatic heterocycles. The van der Waals surface area contributed by atoms with Gasteiger partial charge in [-0.1, -0.05) is 26.0 Å². The van der Waals surface area contributed by atoms with Crippen LogP contribution in [0.25, 0.3) is 11.0 Å². The van der Waals surface area contributed by atoms with Crippen molar-refractivity contribution < 1.29 is 32.3 Å². The number of Topliss-reactive ketones (excluding diaryl/α,β-unsaturated/α-hetero) is 1. The Morgan fingerprint density at radius 3 is 2.62 bits per heavy atom. The molecule has 13 nitrogen and oxygen atoms in total. The molecule has 3 heterocycles. The summed E-state index contributed by atoms with van der Waals surface area (Å²) in [5.41, 5.74) is 1.16. The number of carbonyl (C=O) groups is 3. The number of hydrogen-bond acceptors (Lipinski definition) is 9. The van der Waals surface area contributed by atoms with Crippen molar-refractivity contribution in [2.24, 2.45) is 5.92 Å². The number of pyridine rings is 1. The van der Waals surface area contributed by atoms with Crippen LogP contribution in [0.5, 0.6) is 5.88 Å². The molecule has 1 saturated heterocycles. The first-order valence-corrected chi connectivity index (χ1v) is 14.2. The predicted molar refractivity (Wildman–Crippen MR) is 142 cm³/mol. The predicted octanol–water partition coefficient (Wildman–Crippen LogP) is 1.30. The molecule has 1 unspecified atom stereocenters. The number of fused-ring (bicyclic) bond motifs is 1. The lowest BCUT2D eigenvalue weighted by atomic mass is 10.0. The van der Waals surface area contributed by atoms with Crippen LogP contribution in [0, 0.1) is 11.1 Å². The Balaban J connectivity index is 1.41. The molecule has 1 aromatic carbocycles. The van der Waals surface area contributed by atoms with Crippen molar-refractivity contribution in [3.8, 4) is 5.88 Å². The minimum atomic E-state index is -4.23. The summed E-state index contributed by atoms with van der Waals surface area (Å²) >= 11 is 0. The third kappa shape index (κ3) is 6.87. The van der Waals surface area contributed by atoms with Crippen molar-refractivity contribution in [2.45, 2.75) is 50.2 Å². The summed E-state index contributed by atoms with van der Waals surface area (Å²) in [5.74, 6) is -1.17. The van der Waals surface area contributed by atoms with E-state index in [-0.39, 0.29) is 42.3 Å². The van der Waals surface area contributed by atoms with Crippen molar-refractivity contribution in [3.63, 3.8) is 0 Å². The second-order valence-corrected chi connectivity index (χ2v) is 11.7. The van der Waals surface area contributed by atoms with Gasteiger partial charge in [-0.3, -0.25) is 9.59 Å². The molecule has 212 valence electrons. The van der Waals surface area contributed by atoms with Crippen LogP contribution < -0.4 is 20.1 Å². The van der Waals surface area contributed by atoms with E-state index in [9.17, 15) is 28.0 Å². The van der Waals surface area contributed by atoms with Gasteiger partial charge < -0.3 is 20.6 Å². The van der Waals surface area contributed by atoms with Crippen molar-refractivity contribution in [1.29, 1.82) is 0 Å². The van der Waals surface area contributed by atoms with Crippen molar-refractivity contribution in [1.82, 2.24) is 24.9 Å². The molecule has 1 fully saturated rings. The number of hydrogen-bond donors (Lipinski definition) is 2. The van der Waals surface area contributed by atoms with E-state index in [0.29, 0.717) is 11.0 Å². The van der Waals surface area contributed by atoms with Gasteiger partial charge in [-0.15, -0.1) is 0 Å². The summed E-state index contributed by atoms with van der Waals surface area (Å²) in [5, 5.41) is 16.7. The highest BCUT2D eigenvalue weighted by molar-refractivity contribution is 7.89. The number of aromatic nitrogens is 3. The van der Waals surface area contributed by atoms with Gasteiger partial charge >= 0.3 is 21.1 Å². The Kier molecular flexibility index (Phi) is 8.90. The molecule has 0 spiro atoms. The molecular formula is C26H30N6O7S. The lowest BCUT2D eigenvalue weighted by Crippen LogP contribution is -2.53. The Morgan fingerprint density at radius 2 is 1.90 bits per heavy atom. The summed E-state index contributed by atoms with van der Waals surface area (Å²) in [4.78, 5) is 47.2. The number of carbonyl (C=O) groups excluding carboxylic acids is 3. The topological polar surface area (TPSA) is 175 Å². The standard InChI is InChI=1S/C26H30N6O7S/c1-17(2)14-21(30-26(35)39-23-15-27-18-8-3-4-9-19(18)28-23)25(34)29-20-10-7-12-31(16-22(20)33)40(37,38)24-11-5-6-13-32(24)36/h3-6,8-9,11,13,15,17,20-21H,7,10,12,14,16H2,1-2H3,(H,29,34)(H,30,35)/t20-,21?/m0/s1. The Labute approximate surface area is 231 Å². The van der Waals surface area contributed by atoms with Crippen LogP contribution in [0.1, 0.15) is 33.1 Å². The molecule has 2 amide bonds. The summed E-state index contributed by atoms with van der Waals surface area (Å²) in [7, 11) is -4.23. The van der Waals surface area contributed by atoms with Crippen molar-refractivity contribution in [2.75, 3.05) is 13.1 Å². The van der Waals surface area contributed by atoms with E-state index < -0.39 is 51.5 Å². The van der Waals surface area contributed by atoms with Crippen molar-refractivity contribution >= 4 is 38.8 Å². The quantitative estimate of drug-likeness (QED) is 0.299. The number of nitrogens with zero attached hydrogens (tertiary/aromatic N) is 4. The fourth-order valence-corrected chi connectivity index (χ4v) is 5.80. The zero-order chi connectivity index (χ0) is 28.9. The van der Waals surface area contributed by atoms with Gasteiger partial charge in [-0.05, 0) is 43.4 Å². The monoisotopic (exact) mass is 570 g/mol. The lowest BCUT2D eigenvalue weighted by Gasteiger charge is -2.23. The van der Waals surface area contributed by atoms with E-state index in [0.717, 1.165) is 10.5 Å². The Bertz CT molecular complexity index is 1510. The lowest BCUT2D eigenvalue weighted by molar-refractivity contribution is -0.646. The number of para-hydroxylation sites is 2. The molecule has 40 heavy (non-hydrogen) atoms. The van der Waals surface area contributed by atoms with Gasteiger partial charge in [0, 0.05) is 18.7 Å². The molecule has 0 aliphatic carbocycles. The van der Waals surface area contributed by atoms with Crippen LogP contribution >= 0.6 is 0 Å².